The van der Waals surface area contributed by atoms with Crippen molar-refractivity contribution in [2.75, 3.05) is 26.4 Å². The van der Waals surface area contributed by atoms with Crippen molar-refractivity contribution >= 4 is 0 Å². The molecular formula is C30H62O2. The lowest BCUT2D eigenvalue weighted by atomic mass is 10.1. The molecule has 0 saturated heterocycles. The summed E-state index contributed by atoms with van der Waals surface area (Å²) in [4.78, 5) is 0. The van der Waals surface area contributed by atoms with Crippen LogP contribution in [-0.2, 0) is 9.47 Å². The summed E-state index contributed by atoms with van der Waals surface area (Å²) in [5.41, 5.74) is 0. The molecule has 0 unspecified atom stereocenters. The third kappa shape index (κ3) is 28.0. The normalized spacial score (nSPS) is 11.6. The molecule has 0 aromatic carbocycles. The molecule has 0 aliphatic carbocycles. The van der Waals surface area contributed by atoms with Gasteiger partial charge in [0.2, 0.25) is 0 Å². The molecule has 0 spiro atoms. The van der Waals surface area contributed by atoms with Gasteiger partial charge in [-0.1, -0.05) is 136 Å². The van der Waals surface area contributed by atoms with Crippen molar-refractivity contribution in [1.82, 2.24) is 0 Å². The Morgan fingerprint density at radius 2 is 0.656 bits per heavy atom. The lowest BCUT2D eigenvalue weighted by Crippen LogP contribution is -2.07. The van der Waals surface area contributed by atoms with Crippen LogP contribution in [0.2, 0.25) is 0 Å². The van der Waals surface area contributed by atoms with Crippen LogP contribution in [0.5, 0.6) is 0 Å². The SMILES string of the molecule is CCCCCCCCCCCCOCCC(C)CCOCCCCCCCCCCCC. The quantitative estimate of drug-likeness (QED) is 0.109. The summed E-state index contributed by atoms with van der Waals surface area (Å²) in [6.45, 7) is 10.7. The lowest BCUT2D eigenvalue weighted by Gasteiger charge is -2.12. The van der Waals surface area contributed by atoms with Gasteiger partial charge >= 0.3 is 0 Å². The third-order valence-electron chi connectivity index (χ3n) is 6.79. The van der Waals surface area contributed by atoms with Crippen LogP contribution < -0.4 is 0 Å². The highest BCUT2D eigenvalue weighted by atomic mass is 16.5. The summed E-state index contributed by atoms with van der Waals surface area (Å²) in [5, 5.41) is 0. The van der Waals surface area contributed by atoms with Gasteiger partial charge in [-0.2, -0.15) is 0 Å². The second-order valence-electron chi connectivity index (χ2n) is 10.3. The smallest absolute Gasteiger partial charge is 0.0468 e. The molecule has 0 fully saturated rings. The molecular weight excluding hydrogens is 392 g/mol. The first kappa shape index (κ1) is 31.9. The Hall–Kier alpha value is -0.0800. The van der Waals surface area contributed by atoms with Gasteiger partial charge in [0, 0.05) is 26.4 Å². The van der Waals surface area contributed by atoms with Crippen LogP contribution >= 0.6 is 0 Å². The largest absolute Gasteiger partial charge is 0.381 e. The van der Waals surface area contributed by atoms with Gasteiger partial charge in [-0.15, -0.1) is 0 Å². The van der Waals surface area contributed by atoms with Gasteiger partial charge in [0.1, 0.15) is 0 Å². The monoisotopic (exact) mass is 454 g/mol. The highest BCUT2D eigenvalue weighted by Crippen LogP contribution is 2.12. The number of rotatable bonds is 28. The van der Waals surface area contributed by atoms with Gasteiger partial charge in [0.15, 0.2) is 0 Å². The standard InChI is InChI=1S/C30H62O2/c1-4-6-8-10-12-14-16-18-20-22-26-31-28-24-30(3)25-29-32-27-23-21-19-17-15-13-11-9-7-5-2/h30H,4-29H2,1-3H3. The van der Waals surface area contributed by atoms with Gasteiger partial charge in [0.05, 0.1) is 0 Å². The number of unbranched alkanes of at least 4 members (excludes halogenated alkanes) is 18. The van der Waals surface area contributed by atoms with E-state index in [1.165, 1.54) is 141 Å². The molecule has 0 aliphatic heterocycles. The minimum atomic E-state index is 0.718. The highest BCUT2D eigenvalue weighted by molar-refractivity contribution is 4.53. The fourth-order valence-electron chi connectivity index (χ4n) is 4.30. The van der Waals surface area contributed by atoms with E-state index in [0.717, 1.165) is 32.3 Å². The summed E-state index contributed by atoms with van der Waals surface area (Å²) in [6, 6.07) is 0. The van der Waals surface area contributed by atoms with Gasteiger partial charge in [-0.25, -0.2) is 0 Å². The van der Waals surface area contributed by atoms with Gasteiger partial charge in [-0.3, -0.25) is 0 Å². The predicted molar refractivity (Wildman–Crippen MR) is 144 cm³/mol. The molecule has 2 nitrogen and oxygen atoms in total. The summed E-state index contributed by atoms with van der Waals surface area (Å²) in [6.07, 6.45) is 30.2. The highest BCUT2D eigenvalue weighted by Gasteiger charge is 2.02. The van der Waals surface area contributed by atoms with Crippen LogP contribution in [0.4, 0.5) is 0 Å². The Morgan fingerprint density at radius 1 is 0.375 bits per heavy atom. The van der Waals surface area contributed by atoms with Crippen molar-refractivity contribution in [3.05, 3.63) is 0 Å². The maximum atomic E-state index is 5.85. The molecule has 0 aromatic heterocycles. The van der Waals surface area contributed by atoms with E-state index in [4.69, 9.17) is 9.47 Å². The molecule has 194 valence electrons. The Balaban J connectivity index is 3.13. The van der Waals surface area contributed by atoms with E-state index in [0.29, 0.717) is 0 Å². The molecule has 2 heteroatoms. The fraction of sp³-hybridized carbons (Fsp3) is 1.00. The van der Waals surface area contributed by atoms with Gasteiger partial charge < -0.3 is 9.47 Å². The zero-order valence-corrected chi connectivity index (χ0v) is 22.8. The van der Waals surface area contributed by atoms with Crippen molar-refractivity contribution in [1.29, 1.82) is 0 Å². The van der Waals surface area contributed by atoms with E-state index in [-0.39, 0.29) is 0 Å². The van der Waals surface area contributed by atoms with E-state index in [2.05, 4.69) is 20.8 Å². The zero-order valence-electron chi connectivity index (χ0n) is 22.8. The minimum Gasteiger partial charge on any atom is -0.381 e. The van der Waals surface area contributed by atoms with Crippen molar-refractivity contribution in [2.24, 2.45) is 5.92 Å². The van der Waals surface area contributed by atoms with Gasteiger partial charge in [-0.05, 0) is 31.6 Å². The molecule has 0 amide bonds. The van der Waals surface area contributed by atoms with Crippen LogP contribution in [0.1, 0.15) is 162 Å². The second kappa shape index (κ2) is 29.0. The Bertz CT molecular complexity index is 288. The lowest BCUT2D eigenvalue weighted by molar-refractivity contribution is 0.0961. The van der Waals surface area contributed by atoms with Crippen LogP contribution in [-0.4, -0.2) is 26.4 Å². The minimum absolute atomic E-state index is 0.718. The molecule has 0 heterocycles. The molecule has 0 bridgehead atoms. The maximum absolute atomic E-state index is 5.85. The molecule has 0 N–H and O–H groups in total. The zero-order chi connectivity index (χ0) is 23.4. The number of ether oxygens (including phenoxy) is 2. The Kier molecular flexibility index (Phi) is 28.9. The molecule has 0 saturated carbocycles. The van der Waals surface area contributed by atoms with Crippen molar-refractivity contribution in [3.8, 4) is 0 Å². The van der Waals surface area contributed by atoms with Crippen molar-refractivity contribution in [3.63, 3.8) is 0 Å². The third-order valence-corrected chi connectivity index (χ3v) is 6.79. The van der Waals surface area contributed by atoms with E-state index in [9.17, 15) is 0 Å². The number of hydrogen-bond acceptors (Lipinski definition) is 2. The summed E-state index contributed by atoms with van der Waals surface area (Å²) in [5.74, 6) is 0.718. The molecule has 0 atom stereocenters. The van der Waals surface area contributed by atoms with Gasteiger partial charge in [0.25, 0.3) is 0 Å². The molecule has 32 heavy (non-hydrogen) atoms. The predicted octanol–water partition coefficient (Wildman–Crippen LogP) is 10.3. The Labute approximate surface area is 204 Å². The summed E-state index contributed by atoms with van der Waals surface area (Å²) in [7, 11) is 0. The van der Waals surface area contributed by atoms with Crippen LogP contribution in [0.15, 0.2) is 0 Å². The first-order chi connectivity index (χ1) is 15.8. The van der Waals surface area contributed by atoms with Crippen molar-refractivity contribution in [2.45, 2.75) is 162 Å². The van der Waals surface area contributed by atoms with Crippen LogP contribution in [0, 0.1) is 5.92 Å². The van der Waals surface area contributed by atoms with E-state index >= 15 is 0 Å². The second-order valence-corrected chi connectivity index (χ2v) is 10.3. The average molecular weight is 455 g/mol. The summed E-state index contributed by atoms with van der Waals surface area (Å²) < 4.78 is 11.7. The van der Waals surface area contributed by atoms with Crippen LogP contribution in [0.3, 0.4) is 0 Å². The summed E-state index contributed by atoms with van der Waals surface area (Å²) >= 11 is 0. The van der Waals surface area contributed by atoms with E-state index in [1.807, 2.05) is 0 Å². The first-order valence-corrected chi connectivity index (χ1v) is 15.0. The van der Waals surface area contributed by atoms with Crippen molar-refractivity contribution < 1.29 is 9.47 Å². The molecule has 0 rings (SSSR count). The fourth-order valence-corrected chi connectivity index (χ4v) is 4.30. The molecule has 0 radical (unpaired) electrons. The average Bonchev–Trinajstić information content (AvgIpc) is 2.80. The molecule has 0 aromatic rings. The van der Waals surface area contributed by atoms with E-state index in [1.54, 1.807) is 0 Å². The van der Waals surface area contributed by atoms with E-state index < -0.39 is 0 Å². The Morgan fingerprint density at radius 3 is 0.969 bits per heavy atom. The number of hydrogen-bond donors (Lipinski definition) is 0. The maximum Gasteiger partial charge on any atom is 0.0468 e. The topological polar surface area (TPSA) is 18.5 Å². The molecule has 0 aliphatic rings. The van der Waals surface area contributed by atoms with Crippen LogP contribution in [0.25, 0.3) is 0 Å². The first-order valence-electron chi connectivity index (χ1n) is 15.0.